The van der Waals surface area contributed by atoms with E-state index in [-0.39, 0.29) is 11.4 Å². The van der Waals surface area contributed by atoms with Crippen molar-refractivity contribution in [2.24, 2.45) is 5.92 Å². The summed E-state index contributed by atoms with van der Waals surface area (Å²) >= 11 is 0. The van der Waals surface area contributed by atoms with Crippen molar-refractivity contribution in [2.75, 3.05) is 18.0 Å². The number of hydrogen-bond donors (Lipinski definition) is 1. The van der Waals surface area contributed by atoms with Gasteiger partial charge in [0.2, 0.25) is 0 Å². The van der Waals surface area contributed by atoms with Crippen LogP contribution in [0.4, 0.5) is 5.69 Å². The highest BCUT2D eigenvalue weighted by Crippen LogP contribution is 2.30. The van der Waals surface area contributed by atoms with Gasteiger partial charge in [-0.05, 0) is 67.5 Å². The molecule has 0 spiro atoms. The van der Waals surface area contributed by atoms with Gasteiger partial charge in [-0.3, -0.25) is 4.79 Å². The summed E-state index contributed by atoms with van der Waals surface area (Å²) in [6.45, 7) is 6.66. The summed E-state index contributed by atoms with van der Waals surface area (Å²) in [7, 11) is 0. The van der Waals surface area contributed by atoms with Crippen molar-refractivity contribution in [3.05, 3.63) is 65.2 Å². The van der Waals surface area contributed by atoms with Crippen LogP contribution in [-0.4, -0.2) is 24.5 Å². The van der Waals surface area contributed by atoms with Gasteiger partial charge in [0.1, 0.15) is 0 Å². The molecule has 0 bridgehead atoms. The average Bonchev–Trinajstić information content (AvgIpc) is 3.17. The SMILES string of the molecule is CC1CCN(c2ccc(C(=O)NC3(C)Cc4ccccc4C3)cc2)C1. The van der Waals surface area contributed by atoms with Crippen LogP contribution in [0.25, 0.3) is 0 Å². The normalized spacial score (nSPS) is 21.2. The number of carbonyl (C=O) groups is 1. The fraction of sp³-hybridized carbons (Fsp3) is 0.409. The third-order valence-electron chi connectivity index (χ3n) is 5.61. The van der Waals surface area contributed by atoms with E-state index in [0.29, 0.717) is 0 Å². The summed E-state index contributed by atoms with van der Waals surface area (Å²) < 4.78 is 0. The van der Waals surface area contributed by atoms with Crippen LogP contribution in [0.5, 0.6) is 0 Å². The molecule has 2 aromatic carbocycles. The Hall–Kier alpha value is -2.29. The molecule has 130 valence electrons. The molecule has 1 heterocycles. The van der Waals surface area contributed by atoms with Crippen molar-refractivity contribution in [1.29, 1.82) is 0 Å². The molecular formula is C22H26N2O. The molecule has 4 rings (SSSR count). The van der Waals surface area contributed by atoms with E-state index in [0.717, 1.165) is 37.4 Å². The summed E-state index contributed by atoms with van der Waals surface area (Å²) in [6, 6.07) is 16.6. The Morgan fingerprint density at radius 2 is 1.72 bits per heavy atom. The Balaban J connectivity index is 1.43. The van der Waals surface area contributed by atoms with E-state index in [1.165, 1.54) is 23.2 Å². The predicted octanol–water partition coefficient (Wildman–Crippen LogP) is 3.82. The molecular weight excluding hydrogens is 308 g/mol. The van der Waals surface area contributed by atoms with Crippen molar-refractivity contribution >= 4 is 11.6 Å². The predicted molar refractivity (Wildman–Crippen MR) is 102 cm³/mol. The zero-order valence-electron chi connectivity index (χ0n) is 15.1. The van der Waals surface area contributed by atoms with Crippen LogP contribution in [0.2, 0.25) is 0 Å². The number of hydrogen-bond acceptors (Lipinski definition) is 2. The summed E-state index contributed by atoms with van der Waals surface area (Å²) in [6.07, 6.45) is 3.05. The van der Waals surface area contributed by atoms with Crippen LogP contribution in [0, 0.1) is 5.92 Å². The molecule has 3 heteroatoms. The lowest BCUT2D eigenvalue weighted by Gasteiger charge is -2.26. The first-order valence-electron chi connectivity index (χ1n) is 9.27. The van der Waals surface area contributed by atoms with Crippen molar-refractivity contribution < 1.29 is 4.79 Å². The quantitative estimate of drug-likeness (QED) is 0.925. The molecule has 2 aromatic rings. The molecule has 1 atom stereocenters. The van der Waals surface area contributed by atoms with E-state index in [9.17, 15) is 4.79 Å². The summed E-state index contributed by atoms with van der Waals surface area (Å²) in [5, 5.41) is 3.26. The summed E-state index contributed by atoms with van der Waals surface area (Å²) in [4.78, 5) is 15.1. The Bertz CT molecular complexity index is 756. The molecule has 25 heavy (non-hydrogen) atoms. The second-order valence-corrected chi connectivity index (χ2v) is 8.02. The first-order chi connectivity index (χ1) is 12.0. The lowest BCUT2D eigenvalue weighted by atomic mass is 9.98. The molecule has 0 aromatic heterocycles. The Morgan fingerprint density at radius 1 is 1.08 bits per heavy atom. The van der Waals surface area contributed by atoms with Crippen LogP contribution in [0.1, 0.15) is 41.8 Å². The number of anilines is 1. The highest BCUT2D eigenvalue weighted by molar-refractivity contribution is 5.95. The fourth-order valence-corrected chi connectivity index (χ4v) is 4.23. The lowest BCUT2D eigenvalue weighted by Crippen LogP contribution is -2.46. The number of carbonyl (C=O) groups excluding carboxylic acids is 1. The van der Waals surface area contributed by atoms with E-state index in [1.54, 1.807) is 0 Å². The van der Waals surface area contributed by atoms with Gasteiger partial charge in [-0.25, -0.2) is 0 Å². The smallest absolute Gasteiger partial charge is 0.251 e. The van der Waals surface area contributed by atoms with Crippen LogP contribution in [0.3, 0.4) is 0 Å². The minimum absolute atomic E-state index is 0.0247. The Labute approximate surface area is 150 Å². The topological polar surface area (TPSA) is 32.3 Å². The number of amides is 1. The number of benzene rings is 2. The highest BCUT2D eigenvalue weighted by atomic mass is 16.1. The molecule has 1 amide bonds. The molecule has 0 radical (unpaired) electrons. The van der Waals surface area contributed by atoms with E-state index in [4.69, 9.17) is 0 Å². The van der Waals surface area contributed by atoms with E-state index in [1.807, 2.05) is 12.1 Å². The number of nitrogens with zero attached hydrogens (tertiary/aromatic N) is 1. The zero-order chi connectivity index (χ0) is 17.4. The maximum absolute atomic E-state index is 12.7. The number of fused-ring (bicyclic) bond motifs is 1. The van der Waals surface area contributed by atoms with Gasteiger partial charge in [-0.1, -0.05) is 31.2 Å². The molecule has 1 aliphatic carbocycles. The first kappa shape index (κ1) is 16.2. The van der Waals surface area contributed by atoms with Crippen LogP contribution < -0.4 is 10.2 Å². The summed E-state index contributed by atoms with van der Waals surface area (Å²) in [5.41, 5.74) is 4.48. The van der Waals surface area contributed by atoms with Crippen LogP contribution >= 0.6 is 0 Å². The molecule has 3 nitrogen and oxygen atoms in total. The monoisotopic (exact) mass is 334 g/mol. The van der Waals surface area contributed by atoms with Gasteiger partial charge in [-0.2, -0.15) is 0 Å². The van der Waals surface area contributed by atoms with E-state index in [2.05, 4.69) is 60.5 Å². The largest absolute Gasteiger partial charge is 0.371 e. The Kier molecular flexibility index (Phi) is 4.03. The van der Waals surface area contributed by atoms with Gasteiger partial charge in [0, 0.05) is 29.9 Å². The molecule has 1 saturated heterocycles. The minimum atomic E-state index is -0.191. The van der Waals surface area contributed by atoms with Crippen LogP contribution in [0.15, 0.2) is 48.5 Å². The number of rotatable bonds is 3. The molecule has 1 fully saturated rings. The maximum Gasteiger partial charge on any atom is 0.251 e. The zero-order valence-corrected chi connectivity index (χ0v) is 15.1. The standard InChI is InChI=1S/C22H26N2O/c1-16-11-12-24(15-16)20-9-7-17(8-10-20)21(25)23-22(2)13-18-5-3-4-6-19(18)14-22/h3-10,16H,11-15H2,1-2H3,(H,23,25). The van der Waals surface area contributed by atoms with Gasteiger partial charge in [-0.15, -0.1) is 0 Å². The van der Waals surface area contributed by atoms with E-state index >= 15 is 0 Å². The maximum atomic E-state index is 12.7. The van der Waals surface area contributed by atoms with Crippen molar-refractivity contribution in [1.82, 2.24) is 5.32 Å². The van der Waals surface area contributed by atoms with Gasteiger partial charge in [0.05, 0.1) is 0 Å². The highest BCUT2D eigenvalue weighted by Gasteiger charge is 2.34. The van der Waals surface area contributed by atoms with Crippen LogP contribution in [-0.2, 0) is 12.8 Å². The first-order valence-corrected chi connectivity index (χ1v) is 9.27. The fourth-order valence-electron chi connectivity index (χ4n) is 4.23. The van der Waals surface area contributed by atoms with Gasteiger partial charge in [0.25, 0.3) is 5.91 Å². The molecule has 0 saturated carbocycles. The Morgan fingerprint density at radius 3 is 2.28 bits per heavy atom. The van der Waals surface area contributed by atoms with Crippen molar-refractivity contribution in [3.8, 4) is 0 Å². The van der Waals surface area contributed by atoms with Gasteiger partial charge < -0.3 is 10.2 Å². The van der Waals surface area contributed by atoms with E-state index < -0.39 is 0 Å². The van der Waals surface area contributed by atoms with Gasteiger partial charge >= 0.3 is 0 Å². The van der Waals surface area contributed by atoms with Crippen molar-refractivity contribution in [2.45, 2.75) is 38.6 Å². The van der Waals surface area contributed by atoms with Gasteiger partial charge in [0.15, 0.2) is 0 Å². The second-order valence-electron chi connectivity index (χ2n) is 8.02. The third kappa shape index (κ3) is 3.28. The molecule has 2 aliphatic rings. The second kappa shape index (κ2) is 6.21. The minimum Gasteiger partial charge on any atom is -0.371 e. The molecule has 1 aliphatic heterocycles. The lowest BCUT2D eigenvalue weighted by molar-refractivity contribution is 0.0909. The van der Waals surface area contributed by atoms with Crippen molar-refractivity contribution in [3.63, 3.8) is 0 Å². The molecule has 1 N–H and O–H groups in total. The molecule has 1 unspecified atom stereocenters. The average molecular weight is 334 g/mol. The summed E-state index contributed by atoms with van der Waals surface area (Å²) in [5.74, 6) is 0.781. The number of nitrogens with one attached hydrogen (secondary N) is 1. The third-order valence-corrected chi connectivity index (χ3v) is 5.61.